The van der Waals surface area contributed by atoms with Crippen LogP contribution in [0.15, 0.2) is 30.6 Å². The highest BCUT2D eigenvalue weighted by Gasteiger charge is 2.10. The van der Waals surface area contributed by atoms with Gasteiger partial charge in [-0.05, 0) is 30.7 Å². The van der Waals surface area contributed by atoms with E-state index in [1.165, 1.54) is 25.7 Å². The SMILES string of the molecule is CCC.Cc1cc(F)c(-c2ncccn2)cc1F. The molecule has 0 aliphatic rings. The second-order valence-electron chi connectivity index (χ2n) is 3.86. The van der Waals surface area contributed by atoms with E-state index in [1.807, 2.05) is 0 Å². The molecule has 0 N–H and O–H groups in total. The van der Waals surface area contributed by atoms with Gasteiger partial charge in [-0.3, -0.25) is 0 Å². The summed E-state index contributed by atoms with van der Waals surface area (Å²) in [5, 5.41) is 0. The van der Waals surface area contributed by atoms with E-state index < -0.39 is 11.6 Å². The minimum Gasteiger partial charge on any atom is -0.236 e. The van der Waals surface area contributed by atoms with Crippen molar-refractivity contribution in [3.63, 3.8) is 0 Å². The molecule has 0 bridgehead atoms. The fraction of sp³-hybridized carbons (Fsp3) is 0.286. The zero-order valence-electron chi connectivity index (χ0n) is 10.7. The summed E-state index contributed by atoms with van der Waals surface area (Å²) >= 11 is 0. The first-order valence-electron chi connectivity index (χ1n) is 5.83. The quantitative estimate of drug-likeness (QED) is 0.760. The van der Waals surface area contributed by atoms with E-state index in [-0.39, 0.29) is 17.0 Å². The van der Waals surface area contributed by atoms with E-state index in [0.717, 1.165) is 12.1 Å². The van der Waals surface area contributed by atoms with E-state index in [2.05, 4.69) is 23.8 Å². The molecular weight excluding hydrogens is 234 g/mol. The molecule has 1 aromatic heterocycles. The highest BCUT2D eigenvalue weighted by atomic mass is 19.1. The predicted octanol–water partition coefficient (Wildman–Crippen LogP) is 4.15. The molecule has 2 aromatic rings. The van der Waals surface area contributed by atoms with Crippen molar-refractivity contribution in [2.75, 3.05) is 0 Å². The van der Waals surface area contributed by atoms with Crippen molar-refractivity contribution in [1.82, 2.24) is 9.97 Å². The van der Waals surface area contributed by atoms with Crippen molar-refractivity contribution in [2.45, 2.75) is 27.2 Å². The van der Waals surface area contributed by atoms with E-state index >= 15 is 0 Å². The summed E-state index contributed by atoms with van der Waals surface area (Å²) in [6, 6.07) is 3.87. The van der Waals surface area contributed by atoms with E-state index in [9.17, 15) is 8.78 Å². The van der Waals surface area contributed by atoms with Crippen molar-refractivity contribution in [3.05, 3.63) is 47.8 Å². The molecule has 0 amide bonds. The monoisotopic (exact) mass is 250 g/mol. The van der Waals surface area contributed by atoms with Crippen molar-refractivity contribution < 1.29 is 8.78 Å². The Kier molecular flexibility index (Phi) is 5.36. The highest BCUT2D eigenvalue weighted by Crippen LogP contribution is 2.21. The van der Waals surface area contributed by atoms with E-state index in [0.29, 0.717) is 0 Å². The molecule has 0 saturated carbocycles. The van der Waals surface area contributed by atoms with Crippen molar-refractivity contribution >= 4 is 0 Å². The molecule has 0 spiro atoms. The minimum atomic E-state index is -0.514. The van der Waals surface area contributed by atoms with Gasteiger partial charge in [0.25, 0.3) is 0 Å². The maximum atomic E-state index is 13.5. The first-order chi connectivity index (χ1) is 8.60. The van der Waals surface area contributed by atoms with Crippen LogP contribution in [0.3, 0.4) is 0 Å². The number of aromatic nitrogens is 2. The van der Waals surface area contributed by atoms with E-state index in [4.69, 9.17) is 0 Å². The topological polar surface area (TPSA) is 25.8 Å². The summed E-state index contributed by atoms with van der Waals surface area (Å²) in [6.07, 6.45) is 4.22. The Balaban J connectivity index is 0.000000492. The van der Waals surface area contributed by atoms with Gasteiger partial charge in [-0.2, -0.15) is 0 Å². The molecule has 1 heterocycles. The Morgan fingerprint density at radius 2 is 1.56 bits per heavy atom. The van der Waals surface area contributed by atoms with Gasteiger partial charge in [-0.1, -0.05) is 20.3 Å². The fourth-order valence-corrected chi connectivity index (χ4v) is 1.26. The number of hydrogen-bond donors (Lipinski definition) is 0. The van der Waals surface area contributed by atoms with Crippen LogP contribution in [0.2, 0.25) is 0 Å². The zero-order chi connectivity index (χ0) is 13.5. The van der Waals surface area contributed by atoms with Crippen LogP contribution in [0, 0.1) is 18.6 Å². The Morgan fingerprint density at radius 1 is 1.00 bits per heavy atom. The molecule has 0 saturated heterocycles. The third kappa shape index (κ3) is 3.58. The smallest absolute Gasteiger partial charge is 0.162 e. The standard InChI is InChI=1S/C11H8F2N2.C3H8/c1-7-5-10(13)8(6-9(7)12)11-14-3-2-4-15-11;1-3-2/h2-6H,1H3;3H2,1-2H3. The van der Waals surface area contributed by atoms with Gasteiger partial charge in [0.1, 0.15) is 11.6 Å². The molecule has 18 heavy (non-hydrogen) atoms. The molecule has 0 unspecified atom stereocenters. The number of halogens is 2. The number of nitrogens with zero attached hydrogens (tertiary/aromatic N) is 2. The maximum Gasteiger partial charge on any atom is 0.162 e. The van der Waals surface area contributed by atoms with E-state index in [1.54, 1.807) is 6.07 Å². The second kappa shape index (κ2) is 6.79. The third-order valence-corrected chi connectivity index (χ3v) is 2.05. The van der Waals surface area contributed by atoms with Crippen LogP contribution >= 0.6 is 0 Å². The lowest BCUT2D eigenvalue weighted by molar-refractivity contribution is 0.594. The number of rotatable bonds is 1. The Bertz CT molecular complexity index is 499. The molecular formula is C14H16F2N2. The molecule has 2 rings (SSSR count). The third-order valence-electron chi connectivity index (χ3n) is 2.05. The van der Waals surface area contributed by atoms with Crippen molar-refractivity contribution in [3.8, 4) is 11.4 Å². The summed E-state index contributed by atoms with van der Waals surface area (Å²) in [5.41, 5.74) is 0.353. The highest BCUT2D eigenvalue weighted by molar-refractivity contribution is 5.56. The maximum absolute atomic E-state index is 13.5. The van der Waals surface area contributed by atoms with Crippen LogP contribution < -0.4 is 0 Å². The largest absolute Gasteiger partial charge is 0.236 e. The zero-order valence-corrected chi connectivity index (χ0v) is 10.7. The average Bonchev–Trinajstić information content (AvgIpc) is 2.36. The number of hydrogen-bond acceptors (Lipinski definition) is 2. The van der Waals surface area contributed by atoms with Crippen molar-refractivity contribution in [1.29, 1.82) is 0 Å². The molecule has 96 valence electrons. The van der Waals surface area contributed by atoms with Gasteiger partial charge in [0.2, 0.25) is 0 Å². The summed E-state index contributed by atoms with van der Waals surface area (Å²) in [7, 11) is 0. The van der Waals surface area contributed by atoms with Crippen molar-refractivity contribution in [2.24, 2.45) is 0 Å². The molecule has 0 fully saturated rings. The van der Waals surface area contributed by atoms with Gasteiger partial charge in [-0.25, -0.2) is 18.7 Å². The summed E-state index contributed by atoms with van der Waals surface area (Å²) in [6.45, 7) is 5.76. The van der Waals surface area contributed by atoms with Crippen LogP contribution in [0.1, 0.15) is 25.8 Å². The van der Waals surface area contributed by atoms with Crippen LogP contribution in [-0.2, 0) is 0 Å². The molecule has 0 aliphatic heterocycles. The molecule has 0 radical (unpaired) electrons. The van der Waals surface area contributed by atoms with Gasteiger partial charge in [-0.15, -0.1) is 0 Å². The summed E-state index contributed by atoms with van der Waals surface area (Å²) in [4.78, 5) is 7.73. The fourth-order valence-electron chi connectivity index (χ4n) is 1.26. The molecule has 4 heteroatoms. The Labute approximate surface area is 106 Å². The van der Waals surface area contributed by atoms with Crippen LogP contribution in [0.25, 0.3) is 11.4 Å². The Hall–Kier alpha value is -1.84. The number of benzene rings is 1. The Morgan fingerprint density at radius 3 is 2.11 bits per heavy atom. The van der Waals surface area contributed by atoms with Crippen LogP contribution in [0.5, 0.6) is 0 Å². The predicted molar refractivity (Wildman–Crippen MR) is 68.1 cm³/mol. The van der Waals surface area contributed by atoms with Gasteiger partial charge >= 0.3 is 0 Å². The second-order valence-corrected chi connectivity index (χ2v) is 3.86. The normalized spacial score (nSPS) is 9.61. The van der Waals surface area contributed by atoms with Gasteiger partial charge in [0.15, 0.2) is 5.82 Å². The minimum absolute atomic E-state index is 0.0821. The number of aryl methyl sites for hydroxylation is 1. The average molecular weight is 250 g/mol. The first kappa shape index (κ1) is 14.2. The van der Waals surface area contributed by atoms with Crippen LogP contribution in [0.4, 0.5) is 8.78 Å². The lowest BCUT2D eigenvalue weighted by Gasteiger charge is -2.03. The molecule has 0 aliphatic carbocycles. The summed E-state index contributed by atoms with van der Waals surface area (Å²) in [5.74, 6) is -0.784. The molecule has 0 atom stereocenters. The first-order valence-corrected chi connectivity index (χ1v) is 5.83. The lowest BCUT2D eigenvalue weighted by Crippen LogP contribution is -1.94. The van der Waals surface area contributed by atoms with Gasteiger partial charge in [0.05, 0.1) is 5.56 Å². The van der Waals surface area contributed by atoms with Crippen LogP contribution in [-0.4, -0.2) is 9.97 Å². The van der Waals surface area contributed by atoms with Gasteiger partial charge in [0, 0.05) is 12.4 Å². The van der Waals surface area contributed by atoms with Gasteiger partial charge < -0.3 is 0 Å². The summed E-state index contributed by atoms with van der Waals surface area (Å²) < 4.78 is 26.7. The lowest BCUT2D eigenvalue weighted by atomic mass is 10.1. The molecule has 2 nitrogen and oxygen atoms in total. The molecule has 1 aromatic carbocycles.